The number of nitrogens with one attached hydrogen (secondary N) is 2. The van der Waals surface area contributed by atoms with Gasteiger partial charge >= 0.3 is 0 Å². The van der Waals surface area contributed by atoms with Gasteiger partial charge in [-0.3, -0.25) is 9.59 Å². The topological polar surface area (TPSA) is 76.7 Å². The van der Waals surface area contributed by atoms with Crippen LogP contribution < -0.4 is 20.1 Å². The molecule has 1 unspecified atom stereocenters. The van der Waals surface area contributed by atoms with Gasteiger partial charge in [-0.1, -0.05) is 26.0 Å². The number of carbonyl (C=O) groups excluding carboxylic acids is 2. The van der Waals surface area contributed by atoms with E-state index in [2.05, 4.69) is 10.6 Å². The number of ether oxygens (including phenoxy) is 2. The molecule has 2 rings (SSSR count). The van der Waals surface area contributed by atoms with Crippen LogP contribution in [0.25, 0.3) is 0 Å². The average molecular weight is 388 g/mol. The fraction of sp³-hybridized carbons (Fsp3) is 0.333. The van der Waals surface area contributed by atoms with E-state index in [0.29, 0.717) is 17.1 Å². The summed E-state index contributed by atoms with van der Waals surface area (Å²) >= 11 is 0. The lowest BCUT2D eigenvalue weighted by atomic mass is 10.0. The van der Waals surface area contributed by atoms with Crippen molar-refractivity contribution >= 4 is 11.8 Å². The Balaban J connectivity index is 1.89. The molecule has 2 aromatic carbocycles. The van der Waals surface area contributed by atoms with Gasteiger partial charge in [0.2, 0.25) is 5.91 Å². The van der Waals surface area contributed by atoms with Gasteiger partial charge in [0.25, 0.3) is 5.91 Å². The Morgan fingerprint density at radius 3 is 2.39 bits per heavy atom. The molecule has 0 saturated carbocycles. The van der Waals surface area contributed by atoms with Gasteiger partial charge < -0.3 is 20.1 Å². The first-order valence-electron chi connectivity index (χ1n) is 9.02. The lowest BCUT2D eigenvalue weighted by molar-refractivity contribution is -0.124. The smallest absolute Gasteiger partial charge is 0.255 e. The van der Waals surface area contributed by atoms with Gasteiger partial charge in [-0.05, 0) is 42.3 Å². The van der Waals surface area contributed by atoms with E-state index in [1.54, 1.807) is 24.3 Å². The average Bonchev–Trinajstić information content (AvgIpc) is 2.70. The number of para-hydroxylation sites is 1. The highest BCUT2D eigenvalue weighted by atomic mass is 19.1. The molecule has 0 heterocycles. The molecule has 0 aliphatic rings. The number of hydrogen-bond acceptors (Lipinski definition) is 4. The zero-order valence-electron chi connectivity index (χ0n) is 16.2. The number of halogens is 1. The molecular weight excluding hydrogens is 363 g/mol. The van der Waals surface area contributed by atoms with Crippen molar-refractivity contribution in [3.8, 4) is 11.5 Å². The number of rotatable bonds is 9. The summed E-state index contributed by atoms with van der Waals surface area (Å²) in [6, 6.07) is 11.8. The second kappa shape index (κ2) is 10.3. The maximum Gasteiger partial charge on any atom is 0.255 e. The second-order valence-electron chi connectivity index (χ2n) is 6.49. The van der Waals surface area contributed by atoms with Crippen LogP contribution in [0.3, 0.4) is 0 Å². The highest BCUT2D eigenvalue weighted by Gasteiger charge is 2.25. The van der Waals surface area contributed by atoms with Crippen molar-refractivity contribution < 1.29 is 23.5 Å². The summed E-state index contributed by atoms with van der Waals surface area (Å²) in [5.41, 5.74) is 0.364. The van der Waals surface area contributed by atoms with E-state index in [0.717, 1.165) is 0 Å². The first-order chi connectivity index (χ1) is 13.4. The van der Waals surface area contributed by atoms with Crippen LogP contribution in [0.5, 0.6) is 11.5 Å². The predicted molar refractivity (Wildman–Crippen MR) is 104 cm³/mol. The Labute approximate surface area is 164 Å². The SMILES string of the molecule is COc1ccccc1C(=O)NC(C(=O)NCCOc1ccc(F)cc1)C(C)C. The zero-order chi connectivity index (χ0) is 20.5. The number of methoxy groups -OCH3 is 1. The molecule has 0 radical (unpaired) electrons. The van der Waals surface area contributed by atoms with Crippen molar-refractivity contribution in [2.24, 2.45) is 5.92 Å². The van der Waals surface area contributed by atoms with E-state index >= 15 is 0 Å². The van der Waals surface area contributed by atoms with Crippen LogP contribution in [0.15, 0.2) is 48.5 Å². The van der Waals surface area contributed by atoms with E-state index in [1.165, 1.54) is 31.4 Å². The summed E-state index contributed by atoms with van der Waals surface area (Å²) in [5.74, 6) is -0.186. The normalized spacial score (nSPS) is 11.6. The van der Waals surface area contributed by atoms with Crippen LogP contribution in [0.1, 0.15) is 24.2 Å². The fourth-order valence-corrected chi connectivity index (χ4v) is 2.57. The van der Waals surface area contributed by atoms with Gasteiger partial charge in [0.05, 0.1) is 19.2 Å². The van der Waals surface area contributed by atoms with Crippen molar-refractivity contribution in [1.82, 2.24) is 10.6 Å². The van der Waals surface area contributed by atoms with Crippen molar-refractivity contribution in [1.29, 1.82) is 0 Å². The van der Waals surface area contributed by atoms with Crippen molar-refractivity contribution in [3.63, 3.8) is 0 Å². The van der Waals surface area contributed by atoms with E-state index < -0.39 is 6.04 Å². The minimum absolute atomic E-state index is 0.114. The Morgan fingerprint density at radius 2 is 1.75 bits per heavy atom. The molecule has 0 bridgehead atoms. The molecule has 7 heteroatoms. The summed E-state index contributed by atoms with van der Waals surface area (Å²) in [7, 11) is 1.49. The summed E-state index contributed by atoms with van der Waals surface area (Å²) in [5, 5.41) is 5.51. The number of carbonyl (C=O) groups is 2. The van der Waals surface area contributed by atoms with E-state index in [4.69, 9.17) is 9.47 Å². The molecule has 0 aliphatic heterocycles. The molecule has 2 aromatic rings. The molecule has 0 spiro atoms. The molecule has 1 atom stereocenters. The summed E-state index contributed by atoms with van der Waals surface area (Å²) in [6.07, 6.45) is 0. The van der Waals surface area contributed by atoms with E-state index in [9.17, 15) is 14.0 Å². The van der Waals surface area contributed by atoms with Crippen molar-refractivity contribution in [3.05, 3.63) is 59.9 Å². The molecule has 150 valence electrons. The van der Waals surface area contributed by atoms with Crippen LogP contribution >= 0.6 is 0 Å². The Hall–Kier alpha value is -3.09. The zero-order valence-corrected chi connectivity index (χ0v) is 16.2. The van der Waals surface area contributed by atoms with E-state index in [-0.39, 0.29) is 36.7 Å². The molecule has 28 heavy (non-hydrogen) atoms. The van der Waals surface area contributed by atoms with Gasteiger partial charge in [0.15, 0.2) is 0 Å². The van der Waals surface area contributed by atoms with Crippen molar-refractivity contribution in [2.45, 2.75) is 19.9 Å². The fourth-order valence-electron chi connectivity index (χ4n) is 2.57. The summed E-state index contributed by atoms with van der Waals surface area (Å²) < 4.78 is 23.5. The third kappa shape index (κ3) is 5.97. The van der Waals surface area contributed by atoms with Gasteiger partial charge in [-0.15, -0.1) is 0 Å². The van der Waals surface area contributed by atoms with Gasteiger partial charge in [-0.2, -0.15) is 0 Å². The third-order valence-electron chi connectivity index (χ3n) is 4.07. The minimum Gasteiger partial charge on any atom is -0.496 e. The van der Waals surface area contributed by atoms with E-state index in [1.807, 2.05) is 13.8 Å². The number of hydrogen-bond donors (Lipinski definition) is 2. The molecule has 0 aliphatic carbocycles. The molecule has 2 amide bonds. The summed E-state index contributed by atoms with van der Waals surface area (Å²) in [4.78, 5) is 25.1. The van der Waals surface area contributed by atoms with Crippen LogP contribution in [0, 0.1) is 11.7 Å². The van der Waals surface area contributed by atoms with Crippen molar-refractivity contribution in [2.75, 3.05) is 20.3 Å². The first-order valence-corrected chi connectivity index (χ1v) is 9.02. The molecule has 0 saturated heterocycles. The van der Waals surface area contributed by atoms with Crippen LogP contribution in [-0.4, -0.2) is 38.1 Å². The second-order valence-corrected chi connectivity index (χ2v) is 6.49. The van der Waals surface area contributed by atoms with Crippen LogP contribution in [0.2, 0.25) is 0 Å². The molecule has 0 aromatic heterocycles. The lowest BCUT2D eigenvalue weighted by Crippen LogP contribution is -2.50. The Kier molecular flexibility index (Phi) is 7.80. The van der Waals surface area contributed by atoms with Crippen LogP contribution in [0.4, 0.5) is 4.39 Å². The Morgan fingerprint density at radius 1 is 1.07 bits per heavy atom. The molecule has 2 N–H and O–H groups in total. The predicted octanol–water partition coefficient (Wildman–Crippen LogP) is 2.78. The maximum atomic E-state index is 12.9. The highest BCUT2D eigenvalue weighted by Crippen LogP contribution is 2.17. The summed E-state index contributed by atoms with van der Waals surface area (Å²) in [6.45, 7) is 4.18. The molecule has 0 fully saturated rings. The minimum atomic E-state index is -0.705. The highest BCUT2D eigenvalue weighted by molar-refractivity contribution is 5.99. The van der Waals surface area contributed by atoms with Gasteiger partial charge in [-0.25, -0.2) is 4.39 Å². The van der Waals surface area contributed by atoms with Gasteiger partial charge in [0.1, 0.15) is 30.0 Å². The Bertz CT molecular complexity index is 793. The monoisotopic (exact) mass is 388 g/mol. The largest absolute Gasteiger partial charge is 0.496 e. The third-order valence-corrected chi connectivity index (χ3v) is 4.07. The lowest BCUT2D eigenvalue weighted by Gasteiger charge is -2.22. The number of benzene rings is 2. The molecular formula is C21H25FN2O4. The van der Waals surface area contributed by atoms with Crippen LogP contribution in [-0.2, 0) is 4.79 Å². The first kappa shape index (κ1) is 21.2. The standard InChI is InChI=1S/C21H25FN2O4/c1-14(2)19(24-20(25)17-6-4-5-7-18(17)27-3)21(26)23-12-13-28-16-10-8-15(22)9-11-16/h4-11,14,19H,12-13H2,1-3H3,(H,23,26)(H,24,25). The van der Waals surface area contributed by atoms with Gasteiger partial charge in [0, 0.05) is 0 Å². The quantitative estimate of drug-likeness (QED) is 0.648. The number of amides is 2. The molecule has 6 nitrogen and oxygen atoms in total. The maximum absolute atomic E-state index is 12.9.